The molecule has 0 aliphatic carbocycles. The van der Waals surface area contributed by atoms with Crippen LogP contribution in [0, 0.1) is 0 Å². The number of nitrogens with zero attached hydrogens (tertiary/aromatic N) is 1. The summed E-state index contributed by atoms with van der Waals surface area (Å²) < 4.78 is 0. The normalized spacial score (nSPS) is 11.4. The predicted molar refractivity (Wildman–Crippen MR) is 56.6 cm³/mol. The second-order valence-electron chi connectivity index (χ2n) is 2.79. The van der Waals surface area contributed by atoms with Crippen LogP contribution >= 0.6 is 0 Å². The van der Waals surface area contributed by atoms with Crippen LogP contribution in [-0.2, 0) is 0 Å². The van der Waals surface area contributed by atoms with E-state index < -0.39 is 0 Å². The molecular formula is C11H19N. The third-order valence-corrected chi connectivity index (χ3v) is 1.87. The van der Waals surface area contributed by atoms with Gasteiger partial charge in [0.2, 0.25) is 0 Å². The maximum absolute atomic E-state index is 4.41. The second-order valence-corrected chi connectivity index (χ2v) is 2.79. The molecule has 0 bridgehead atoms. The highest BCUT2D eigenvalue weighted by Gasteiger charge is 1.99. The van der Waals surface area contributed by atoms with Gasteiger partial charge in [-0.3, -0.25) is 4.99 Å². The molecule has 0 amide bonds. The van der Waals surface area contributed by atoms with Crippen molar-refractivity contribution in [3.8, 4) is 0 Å². The molecule has 0 fully saturated rings. The van der Waals surface area contributed by atoms with Gasteiger partial charge in [0.05, 0.1) is 0 Å². The molecule has 0 saturated carbocycles. The van der Waals surface area contributed by atoms with Crippen molar-refractivity contribution in [3.05, 3.63) is 24.4 Å². The predicted octanol–water partition coefficient (Wildman–Crippen LogP) is 3.73. The number of hydrogen-bond acceptors (Lipinski definition) is 1. The Balaban J connectivity index is 4.43. The van der Waals surface area contributed by atoms with Crippen molar-refractivity contribution in [2.45, 2.75) is 40.0 Å². The molecule has 0 aliphatic heterocycles. The summed E-state index contributed by atoms with van der Waals surface area (Å²) in [7, 11) is 0. The Morgan fingerprint density at radius 2 is 1.58 bits per heavy atom. The first-order chi connectivity index (χ1) is 5.65. The van der Waals surface area contributed by atoms with Crippen molar-refractivity contribution in [3.63, 3.8) is 0 Å². The van der Waals surface area contributed by atoms with Crippen molar-refractivity contribution in [1.82, 2.24) is 0 Å². The Hall–Kier alpha value is -0.850. The average molecular weight is 165 g/mol. The van der Waals surface area contributed by atoms with Gasteiger partial charge >= 0.3 is 0 Å². The molecule has 0 aliphatic rings. The quantitative estimate of drug-likeness (QED) is 0.550. The van der Waals surface area contributed by atoms with E-state index in [-0.39, 0.29) is 0 Å². The Morgan fingerprint density at radius 1 is 1.00 bits per heavy atom. The van der Waals surface area contributed by atoms with Gasteiger partial charge in [0.15, 0.2) is 0 Å². The maximum atomic E-state index is 4.41. The zero-order valence-corrected chi connectivity index (χ0v) is 8.48. The summed E-state index contributed by atoms with van der Waals surface area (Å²) in [6.45, 7) is 14.1. The van der Waals surface area contributed by atoms with Crippen LogP contribution in [0.3, 0.4) is 0 Å². The molecule has 0 spiro atoms. The molecule has 0 heterocycles. The van der Waals surface area contributed by atoms with Gasteiger partial charge in [0, 0.05) is 11.4 Å². The summed E-state index contributed by atoms with van der Waals surface area (Å²) in [5.41, 5.74) is 3.18. The molecule has 0 unspecified atom stereocenters. The first-order valence-electron chi connectivity index (χ1n) is 4.59. The Kier molecular flexibility index (Phi) is 5.35. The minimum Gasteiger partial charge on any atom is -0.258 e. The van der Waals surface area contributed by atoms with Crippen LogP contribution in [0.4, 0.5) is 0 Å². The fourth-order valence-electron chi connectivity index (χ4n) is 0.882. The molecule has 0 radical (unpaired) electrons. The summed E-state index contributed by atoms with van der Waals surface area (Å²) >= 11 is 0. The molecule has 0 saturated heterocycles. The topological polar surface area (TPSA) is 12.4 Å². The maximum Gasteiger partial charge on any atom is 0.0429 e. The lowest BCUT2D eigenvalue weighted by Crippen LogP contribution is -1.99. The zero-order chi connectivity index (χ0) is 9.56. The molecule has 12 heavy (non-hydrogen) atoms. The Morgan fingerprint density at radius 3 is 1.92 bits per heavy atom. The molecule has 68 valence electrons. The lowest BCUT2D eigenvalue weighted by molar-refractivity contribution is 1.05. The van der Waals surface area contributed by atoms with Crippen molar-refractivity contribution in [1.29, 1.82) is 0 Å². The van der Waals surface area contributed by atoms with E-state index in [0.717, 1.165) is 36.2 Å². The fraction of sp³-hybridized carbons (Fsp3) is 0.545. The Bertz CT molecular complexity index is 199. The molecule has 0 atom stereocenters. The van der Waals surface area contributed by atoms with Gasteiger partial charge in [0.25, 0.3) is 0 Å². The van der Waals surface area contributed by atoms with Crippen LogP contribution in [0.5, 0.6) is 0 Å². The van der Waals surface area contributed by atoms with E-state index in [0.29, 0.717) is 0 Å². The van der Waals surface area contributed by atoms with E-state index in [1.165, 1.54) is 0 Å². The molecule has 0 aromatic rings. The molecular weight excluding hydrogens is 146 g/mol. The Labute approximate surface area is 75.9 Å². The minimum absolute atomic E-state index is 0.917. The molecule has 1 heteroatoms. The van der Waals surface area contributed by atoms with Gasteiger partial charge in [0.1, 0.15) is 0 Å². The van der Waals surface area contributed by atoms with Crippen LogP contribution < -0.4 is 0 Å². The minimum atomic E-state index is 0.917. The van der Waals surface area contributed by atoms with E-state index in [1.54, 1.807) is 0 Å². The van der Waals surface area contributed by atoms with Gasteiger partial charge < -0.3 is 0 Å². The summed E-state index contributed by atoms with van der Waals surface area (Å²) in [4.78, 5) is 4.41. The van der Waals surface area contributed by atoms with Gasteiger partial charge in [-0.05, 0) is 24.8 Å². The van der Waals surface area contributed by atoms with Crippen molar-refractivity contribution < 1.29 is 0 Å². The zero-order valence-electron chi connectivity index (χ0n) is 8.48. The molecule has 0 aromatic carbocycles. The van der Waals surface area contributed by atoms with E-state index in [9.17, 15) is 0 Å². The summed E-state index contributed by atoms with van der Waals surface area (Å²) in [6.07, 6.45) is 2.84. The number of aliphatic imine (C=N–C) groups is 1. The summed E-state index contributed by atoms with van der Waals surface area (Å²) in [5.74, 6) is 0. The smallest absolute Gasteiger partial charge is 0.0429 e. The lowest BCUT2D eigenvalue weighted by Gasteiger charge is -2.05. The van der Waals surface area contributed by atoms with Crippen molar-refractivity contribution in [2.75, 3.05) is 0 Å². The van der Waals surface area contributed by atoms with Crippen LogP contribution in [0.2, 0.25) is 0 Å². The molecule has 1 nitrogen and oxygen atoms in total. The SMILES string of the molecule is C=C(CC)N=C(CC)C(=C)CC. The van der Waals surface area contributed by atoms with E-state index in [2.05, 4.69) is 38.9 Å². The highest BCUT2D eigenvalue weighted by Crippen LogP contribution is 2.08. The van der Waals surface area contributed by atoms with Crippen LogP contribution in [-0.4, -0.2) is 5.71 Å². The lowest BCUT2D eigenvalue weighted by atomic mass is 10.1. The van der Waals surface area contributed by atoms with E-state index >= 15 is 0 Å². The van der Waals surface area contributed by atoms with E-state index in [4.69, 9.17) is 0 Å². The third kappa shape index (κ3) is 3.51. The van der Waals surface area contributed by atoms with Crippen LogP contribution in [0.15, 0.2) is 29.4 Å². The molecule has 0 N–H and O–H groups in total. The largest absolute Gasteiger partial charge is 0.258 e. The number of allylic oxidation sites excluding steroid dienone is 2. The average Bonchev–Trinajstić information content (AvgIpc) is 2.12. The fourth-order valence-corrected chi connectivity index (χ4v) is 0.882. The third-order valence-electron chi connectivity index (χ3n) is 1.87. The van der Waals surface area contributed by atoms with Gasteiger partial charge in [-0.1, -0.05) is 33.9 Å². The summed E-state index contributed by atoms with van der Waals surface area (Å²) in [6, 6.07) is 0. The number of hydrogen-bond donors (Lipinski definition) is 0. The highest BCUT2D eigenvalue weighted by atomic mass is 14.7. The van der Waals surface area contributed by atoms with Gasteiger partial charge in [-0.25, -0.2) is 0 Å². The molecule has 0 aromatic heterocycles. The highest BCUT2D eigenvalue weighted by molar-refractivity contribution is 5.99. The van der Waals surface area contributed by atoms with Crippen LogP contribution in [0.25, 0.3) is 0 Å². The van der Waals surface area contributed by atoms with Gasteiger partial charge in [-0.2, -0.15) is 0 Å². The van der Waals surface area contributed by atoms with Crippen molar-refractivity contribution in [2.24, 2.45) is 4.99 Å². The van der Waals surface area contributed by atoms with Gasteiger partial charge in [-0.15, -0.1) is 0 Å². The van der Waals surface area contributed by atoms with E-state index in [1.807, 2.05) is 0 Å². The summed E-state index contributed by atoms with van der Waals surface area (Å²) in [5, 5.41) is 0. The van der Waals surface area contributed by atoms with Crippen molar-refractivity contribution >= 4 is 5.71 Å². The first-order valence-corrected chi connectivity index (χ1v) is 4.59. The second kappa shape index (κ2) is 5.76. The monoisotopic (exact) mass is 165 g/mol. The van der Waals surface area contributed by atoms with Crippen LogP contribution in [0.1, 0.15) is 40.0 Å². The molecule has 0 rings (SSSR count). The standard InChI is InChI=1S/C11H19N/c1-6-9(4)11(8-3)12-10(5)7-2/h4-8H2,1-3H3. The first kappa shape index (κ1) is 11.2. The number of rotatable bonds is 5.